The molecule has 1 amide bonds. The van der Waals surface area contributed by atoms with Gasteiger partial charge in [0, 0.05) is 12.1 Å². The highest BCUT2D eigenvalue weighted by Crippen LogP contribution is 2.34. The van der Waals surface area contributed by atoms with Crippen molar-refractivity contribution in [3.8, 4) is 0 Å². The van der Waals surface area contributed by atoms with Crippen LogP contribution >= 0.6 is 23.4 Å². The van der Waals surface area contributed by atoms with Crippen molar-refractivity contribution in [2.24, 2.45) is 0 Å². The number of halogens is 4. The molecule has 0 bridgehead atoms. The van der Waals surface area contributed by atoms with Crippen LogP contribution in [0.4, 0.5) is 18.9 Å². The van der Waals surface area contributed by atoms with Crippen molar-refractivity contribution in [1.82, 2.24) is 9.55 Å². The molecule has 6 nitrogen and oxygen atoms in total. The lowest BCUT2D eigenvalue weighted by atomic mass is 10.1. The van der Waals surface area contributed by atoms with Gasteiger partial charge in [0.2, 0.25) is 5.91 Å². The van der Waals surface area contributed by atoms with Gasteiger partial charge in [-0.05, 0) is 30.3 Å². The number of fused-ring (bicyclic) bond motifs is 1. The van der Waals surface area contributed by atoms with E-state index in [1.165, 1.54) is 35.9 Å². The summed E-state index contributed by atoms with van der Waals surface area (Å²) < 4.78 is 45.8. The first kappa shape index (κ1) is 23.1. The molecular weight excluding hydrogens is 455 g/mol. The van der Waals surface area contributed by atoms with E-state index in [0.717, 1.165) is 17.8 Å². The number of thioether (sulfide) groups is 1. The Morgan fingerprint density at radius 1 is 1.26 bits per heavy atom. The van der Waals surface area contributed by atoms with Crippen LogP contribution in [0, 0.1) is 0 Å². The molecule has 11 heteroatoms. The molecule has 0 fully saturated rings. The number of nitrogens with zero attached hydrogens (tertiary/aromatic N) is 2. The number of hydrogen-bond acceptors (Lipinski definition) is 5. The normalized spacial score (nSPS) is 11.6. The number of ether oxygens (including phenoxy) is 1. The number of para-hydroxylation sites is 1. The standard InChI is InChI=1S/C20H17ClF3N3O3S/c1-30-9-8-27-18(29)13-7-6-12(21)10-16(13)26-19(27)31-11-17(28)25-15-5-3-2-4-14(15)20(22,23)24/h2-7,10H,8-9,11H2,1H3,(H,25,28). The van der Waals surface area contributed by atoms with Gasteiger partial charge in [0.05, 0.1) is 41.1 Å². The summed E-state index contributed by atoms with van der Waals surface area (Å²) >= 11 is 6.92. The molecule has 0 radical (unpaired) electrons. The monoisotopic (exact) mass is 471 g/mol. The molecule has 0 saturated carbocycles. The first-order chi connectivity index (χ1) is 14.7. The van der Waals surface area contributed by atoms with Gasteiger partial charge in [-0.25, -0.2) is 4.98 Å². The van der Waals surface area contributed by atoms with Gasteiger partial charge in [0.15, 0.2) is 5.16 Å². The Kier molecular flexibility index (Phi) is 7.24. The average Bonchev–Trinajstić information content (AvgIpc) is 2.71. The number of nitrogens with one attached hydrogen (secondary N) is 1. The third-order valence-corrected chi connectivity index (χ3v) is 5.45. The van der Waals surface area contributed by atoms with Gasteiger partial charge < -0.3 is 10.1 Å². The second kappa shape index (κ2) is 9.71. The van der Waals surface area contributed by atoms with Crippen LogP contribution in [-0.2, 0) is 22.3 Å². The zero-order valence-corrected chi connectivity index (χ0v) is 17.8. The van der Waals surface area contributed by atoms with Crippen molar-refractivity contribution in [1.29, 1.82) is 0 Å². The van der Waals surface area contributed by atoms with Gasteiger partial charge in [0.25, 0.3) is 5.56 Å². The van der Waals surface area contributed by atoms with Crippen LogP contribution in [0.1, 0.15) is 5.56 Å². The molecular formula is C20H17ClF3N3O3S. The van der Waals surface area contributed by atoms with E-state index in [4.69, 9.17) is 16.3 Å². The maximum atomic E-state index is 13.1. The number of anilines is 1. The lowest BCUT2D eigenvalue weighted by Gasteiger charge is -2.14. The molecule has 0 saturated heterocycles. The molecule has 1 N–H and O–H groups in total. The molecule has 0 atom stereocenters. The van der Waals surface area contributed by atoms with Gasteiger partial charge in [-0.1, -0.05) is 35.5 Å². The minimum Gasteiger partial charge on any atom is -0.383 e. The number of hydrogen-bond donors (Lipinski definition) is 1. The number of alkyl halides is 3. The summed E-state index contributed by atoms with van der Waals surface area (Å²) in [5.74, 6) is -0.919. The summed E-state index contributed by atoms with van der Waals surface area (Å²) in [6.07, 6.45) is -4.60. The van der Waals surface area contributed by atoms with E-state index in [9.17, 15) is 22.8 Å². The second-order valence-corrected chi connectivity index (χ2v) is 7.76. The van der Waals surface area contributed by atoms with Crippen LogP contribution in [0.5, 0.6) is 0 Å². The summed E-state index contributed by atoms with van der Waals surface area (Å²) in [5, 5.41) is 3.25. The SMILES string of the molecule is COCCn1c(SCC(=O)Nc2ccccc2C(F)(F)F)nc2cc(Cl)ccc2c1=O. The fraction of sp³-hybridized carbons (Fsp3) is 0.250. The van der Waals surface area contributed by atoms with Gasteiger partial charge in [-0.2, -0.15) is 13.2 Å². The fourth-order valence-corrected chi connectivity index (χ4v) is 3.81. The highest BCUT2D eigenvalue weighted by atomic mass is 35.5. The van der Waals surface area contributed by atoms with Crippen molar-refractivity contribution >= 4 is 45.9 Å². The topological polar surface area (TPSA) is 73.2 Å². The molecule has 0 aliphatic rings. The molecule has 0 aliphatic carbocycles. The van der Waals surface area contributed by atoms with Gasteiger partial charge in [-0.3, -0.25) is 14.2 Å². The molecule has 164 valence electrons. The predicted octanol–water partition coefficient (Wildman–Crippen LogP) is 4.45. The maximum Gasteiger partial charge on any atom is 0.418 e. The van der Waals surface area contributed by atoms with Gasteiger partial charge in [0.1, 0.15) is 0 Å². The Hall–Kier alpha value is -2.56. The Bertz CT molecular complexity index is 1170. The lowest BCUT2D eigenvalue weighted by molar-refractivity contribution is -0.137. The molecule has 3 rings (SSSR count). The smallest absolute Gasteiger partial charge is 0.383 e. The third kappa shape index (κ3) is 5.57. The van der Waals surface area contributed by atoms with Crippen molar-refractivity contribution in [2.45, 2.75) is 17.9 Å². The number of amides is 1. The molecule has 1 aromatic heterocycles. The highest BCUT2D eigenvalue weighted by Gasteiger charge is 2.33. The number of carbonyl (C=O) groups excluding carboxylic acids is 1. The summed E-state index contributed by atoms with van der Waals surface area (Å²) in [5.41, 5.74) is -1.25. The number of aromatic nitrogens is 2. The van der Waals surface area contributed by atoms with Gasteiger partial charge in [-0.15, -0.1) is 0 Å². The number of rotatable bonds is 7. The molecule has 3 aromatic rings. The molecule has 0 spiro atoms. The van der Waals surface area contributed by atoms with E-state index in [2.05, 4.69) is 10.3 Å². The molecule has 31 heavy (non-hydrogen) atoms. The van der Waals surface area contributed by atoms with E-state index in [1.54, 1.807) is 12.1 Å². The van der Waals surface area contributed by atoms with E-state index >= 15 is 0 Å². The minimum atomic E-state index is -4.60. The largest absolute Gasteiger partial charge is 0.418 e. The van der Waals surface area contributed by atoms with Crippen molar-refractivity contribution in [3.63, 3.8) is 0 Å². The van der Waals surface area contributed by atoms with E-state index in [-0.39, 0.29) is 35.3 Å². The van der Waals surface area contributed by atoms with Crippen LogP contribution in [0.2, 0.25) is 5.02 Å². The van der Waals surface area contributed by atoms with Crippen molar-refractivity contribution < 1.29 is 22.7 Å². The Balaban J connectivity index is 1.85. The highest BCUT2D eigenvalue weighted by molar-refractivity contribution is 7.99. The summed E-state index contributed by atoms with van der Waals surface area (Å²) in [6.45, 7) is 0.432. The molecule has 0 aliphatic heterocycles. The quantitative estimate of drug-likeness (QED) is 0.407. The van der Waals surface area contributed by atoms with E-state index in [1.807, 2.05) is 0 Å². The summed E-state index contributed by atoms with van der Waals surface area (Å²) in [4.78, 5) is 29.6. The minimum absolute atomic E-state index is 0.196. The molecule has 1 heterocycles. The average molecular weight is 472 g/mol. The summed E-state index contributed by atoms with van der Waals surface area (Å²) in [6, 6.07) is 9.37. The Morgan fingerprint density at radius 3 is 2.71 bits per heavy atom. The van der Waals surface area contributed by atoms with Crippen LogP contribution in [0.25, 0.3) is 10.9 Å². The third-order valence-electron chi connectivity index (χ3n) is 4.24. The fourth-order valence-electron chi connectivity index (χ4n) is 2.82. The summed E-state index contributed by atoms with van der Waals surface area (Å²) in [7, 11) is 1.48. The molecule has 2 aromatic carbocycles. The van der Waals surface area contributed by atoms with Crippen LogP contribution in [0.15, 0.2) is 52.4 Å². The first-order valence-electron chi connectivity index (χ1n) is 8.98. The predicted molar refractivity (Wildman–Crippen MR) is 114 cm³/mol. The molecule has 0 unspecified atom stereocenters. The Morgan fingerprint density at radius 2 is 2.00 bits per heavy atom. The van der Waals surface area contributed by atoms with E-state index < -0.39 is 17.6 Å². The maximum absolute atomic E-state index is 13.1. The van der Waals surface area contributed by atoms with Crippen molar-refractivity contribution in [3.05, 3.63) is 63.4 Å². The van der Waals surface area contributed by atoms with Crippen molar-refractivity contribution in [2.75, 3.05) is 24.8 Å². The zero-order valence-electron chi connectivity index (χ0n) is 16.2. The van der Waals surface area contributed by atoms with E-state index in [0.29, 0.717) is 15.9 Å². The zero-order chi connectivity index (χ0) is 22.6. The second-order valence-electron chi connectivity index (χ2n) is 6.39. The number of methoxy groups -OCH3 is 1. The van der Waals surface area contributed by atoms with Crippen LogP contribution in [0.3, 0.4) is 0 Å². The number of carbonyl (C=O) groups is 1. The van der Waals surface area contributed by atoms with Gasteiger partial charge >= 0.3 is 6.18 Å². The Labute approximate surface area is 184 Å². The lowest BCUT2D eigenvalue weighted by Crippen LogP contribution is -2.26. The number of benzene rings is 2. The van der Waals surface area contributed by atoms with Crippen LogP contribution < -0.4 is 10.9 Å². The first-order valence-corrected chi connectivity index (χ1v) is 10.3. The van der Waals surface area contributed by atoms with Crippen LogP contribution in [-0.4, -0.2) is 34.9 Å².